The van der Waals surface area contributed by atoms with Crippen LogP contribution in [0.5, 0.6) is 0 Å². The van der Waals surface area contributed by atoms with Crippen molar-refractivity contribution in [3.05, 3.63) is 0 Å². The molecule has 0 fully saturated rings. The van der Waals surface area contributed by atoms with Crippen molar-refractivity contribution in [2.24, 2.45) is 11.8 Å². The first-order chi connectivity index (χ1) is 7.04. The summed E-state index contributed by atoms with van der Waals surface area (Å²) in [6.07, 6.45) is 2.56. The molecule has 0 rings (SSSR count). The van der Waals surface area contributed by atoms with Gasteiger partial charge >= 0.3 is 0 Å². The fourth-order valence-electron chi connectivity index (χ4n) is 1.73. The van der Waals surface area contributed by atoms with E-state index in [2.05, 4.69) is 19.2 Å². The molecule has 1 amide bonds. The van der Waals surface area contributed by atoms with E-state index in [9.17, 15) is 4.79 Å². The van der Waals surface area contributed by atoms with Gasteiger partial charge < -0.3 is 10.4 Å². The van der Waals surface area contributed by atoms with Gasteiger partial charge in [-0.1, -0.05) is 27.7 Å². The Morgan fingerprint density at radius 3 is 2.13 bits per heavy atom. The normalized spacial score (nSPS) is 13.3. The number of nitrogens with one attached hydrogen (secondary N) is 1. The molecule has 0 spiro atoms. The maximum atomic E-state index is 11.7. The summed E-state index contributed by atoms with van der Waals surface area (Å²) in [6, 6.07) is -0.0851. The van der Waals surface area contributed by atoms with Crippen molar-refractivity contribution in [2.75, 3.05) is 6.61 Å². The molecule has 0 aromatic carbocycles. The van der Waals surface area contributed by atoms with Crippen LogP contribution in [0.1, 0.15) is 47.0 Å². The van der Waals surface area contributed by atoms with Crippen LogP contribution in [0.25, 0.3) is 0 Å². The van der Waals surface area contributed by atoms with Crippen LogP contribution < -0.4 is 5.32 Å². The Labute approximate surface area is 93.3 Å². The van der Waals surface area contributed by atoms with E-state index < -0.39 is 0 Å². The van der Waals surface area contributed by atoms with Gasteiger partial charge in [-0.05, 0) is 25.2 Å². The van der Waals surface area contributed by atoms with E-state index in [0.29, 0.717) is 5.92 Å². The first-order valence-corrected chi connectivity index (χ1v) is 5.96. The number of rotatable bonds is 7. The largest absolute Gasteiger partial charge is 0.394 e. The summed E-state index contributed by atoms with van der Waals surface area (Å²) >= 11 is 0. The van der Waals surface area contributed by atoms with Crippen molar-refractivity contribution in [3.63, 3.8) is 0 Å². The molecule has 3 heteroatoms. The SMILES string of the molecule is CCC(CC)C(=O)N[C@H](CO)CC(C)C. The lowest BCUT2D eigenvalue weighted by Gasteiger charge is -2.21. The van der Waals surface area contributed by atoms with E-state index in [4.69, 9.17) is 5.11 Å². The molecule has 0 bridgehead atoms. The summed E-state index contributed by atoms with van der Waals surface area (Å²) in [7, 11) is 0. The molecule has 0 saturated carbocycles. The lowest BCUT2D eigenvalue weighted by atomic mass is 10.00. The minimum atomic E-state index is -0.0851. The van der Waals surface area contributed by atoms with Gasteiger partial charge in [0.15, 0.2) is 0 Å². The van der Waals surface area contributed by atoms with E-state index in [1.54, 1.807) is 0 Å². The lowest BCUT2D eigenvalue weighted by Crippen LogP contribution is -2.41. The van der Waals surface area contributed by atoms with Crippen molar-refractivity contribution in [1.82, 2.24) is 5.32 Å². The quantitative estimate of drug-likeness (QED) is 0.682. The summed E-state index contributed by atoms with van der Waals surface area (Å²) in [6.45, 7) is 8.25. The highest BCUT2D eigenvalue weighted by atomic mass is 16.3. The molecule has 0 aromatic heterocycles. The zero-order valence-corrected chi connectivity index (χ0v) is 10.4. The number of carbonyl (C=O) groups excluding carboxylic acids is 1. The molecule has 3 nitrogen and oxygen atoms in total. The first kappa shape index (κ1) is 14.4. The Kier molecular flexibility index (Phi) is 7.39. The molecule has 0 radical (unpaired) electrons. The average Bonchev–Trinajstić information content (AvgIpc) is 2.17. The van der Waals surface area contributed by atoms with E-state index in [1.165, 1.54) is 0 Å². The van der Waals surface area contributed by atoms with Gasteiger partial charge in [0.25, 0.3) is 0 Å². The standard InChI is InChI=1S/C12H25NO2/c1-5-10(6-2)12(15)13-11(8-14)7-9(3)4/h9-11,14H,5-8H2,1-4H3,(H,13,15)/t11-/m0/s1. The number of aliphatic hydroxyl groups is 1. The molecule has 0 heterocycles. The van der Waals surface area contributed by atoms with Crippen molar-refractivity contribution < 1.29 is 9.90 Å². The molecule has 90 valence electrons. The third kappa shape index (κ3) is 5.78. The second-order valence-electron chi connectivity index (χ2n) is 4.53. The maximum Gasteiger partial charge on any atom is 0.223 e. The summed E-state index contributed by atoms with van der Waals surface area (Å²) in [5.41, 5.74) is 0. The minimum absolute atomic E-state index is 0.0318. The second-order valence-corrected chi connectivity index (χ2v) is 4.53. The fourth-order valence-corrected chi connectivity index (χ4v) is 1.73. The monoisotopic (exact) mass is 215 g/mol. The predicted octanol–water partition coefficient (Wildman–Crippen LogP) is 1.95. The van der Waals surface area contributed by atoms with E-state index in [0.717, 1.165) is 19.3 Å². The highest BCUT2D eigenvalue weighted by Crippen LogP contribution is 2.10. The fraction of sp³-hybridized carbons (Fsp3) is 0.917. The smallest absolute Gasteiger partial charge is 0.223 e. The van der Waals surface area contributed by atoms with Gasteiger partial charge in [-0.15, -0.1) is 0 Å². The van der Waals surface area contributed by atoms with Crippen LogP contribution in [0.15, 0.2) is 0 Å². The summed E-state index contributed by atoms with van der Waals surface area (Å²) in [4.78, 5) is 11.7. The average molecular weight is 215 g/mol. The molecule has 2 N–H and O–H groups in total. The molecule has 0 aliphatic carbocycles. The molecular formula is C12H25NO2. The number of hydrogen-bond donors (Lipinski definition) is 2. The van der Waals surface area contributed by atoms with Crippen molar-refractivity contribution in [1.29, 1.82) is 0 Å². The van der Waals surface area contributed by atoms with Crippen LogP contribution in [-0.4, -0.2) is 23.7 Å². The van der Waals surface area contributed by atoms with Crippen LogP contribution in [0.2, 0.25) is 0 Å². The zero-order chi connectivity index (χ0) is 11.8. The Morgan fingerprint density at radius 2 is 1.80 bits per heavy atom. The third-order valence-corrected chi connectivity index (χ3v) is 2.68. The van der Waals surface area contributed by atoms with Gasteiger partial charge in [0.1, 0.15) is 0 Å². The topological polar surface area (TPSA) is 49.3 Å². The molecule has 15 heavy (non-hydrogen) atoms. The van der Waals surface area contributed by atoms with Crippen LogP contribution in [0.4, 0.5) is 0 Å². The number of hydrogen-bond acceptors (Lipinski definition) is 2. The van der Waals surface area contributed by atoms with Crippen LogP contribution >= 0.6 is 0 Å². The molecule has 1 atom stereocenters. The van der Waals surface area contributed by atoms with Gasteiger partial charge in [0.2, 0.25) is 5.91 Å². The van der Waals surface area contributed by atoms with Gasteiger partial charge in [-0.2, -0.15) is 0 Å². The second kappa shape index (κ2) is 7.69. The van der Waals surface area contributed by atoms with E-state index >= 15 is 0 Å². The lowest BCUT2D eigenvalue weighted by molar-refractivity contribution is -0.126. The molecule has 0 aliphatic heterocycles. The van der Waals surface area contributed by atoms with Gasteiger partial charge in [-0.25, -0.2) is 0 Å². The van der Waals surface area contributed by atoms with Crippen molar-refractivity contribution >= 4 is 5.91 Å². The Morgan fingerprint density at radius 1 is 1.27 bits per heavy atom. The predicted molar refractivity (Wildman–Crippen MR) is 62.5 cm³/mol. The molecular weight excluding hydrogens is 190 g/mol. The highest BCUT2D eigenvalue weighted by molar-refractivity contribution is 5.78. The van der Waals surface area contributed by atoms with E-state index in [1.807, 2.05) is 13.8 Å². The van der Waals surface area contributed by atoms with Crippen LogP contribution in [-0.2, 0) is 4.79 Å². The molecule has 0 saturated heterocycles. The number of aliphatic hydroxyl groups excluding tert-OH is 1. The molecule has 0 aliphatic rings. The highest BCUT2D eigenvalue weighted by Gasteiger charge is 2.18. The Balaban J connectivity index is 4.10. The summed E-state index contributed by atoms with van der Waals surface area (Å²) in [5, 5.41) is 12.0. The number of carbonyl (C=O) groups is 1. The Bertz CT molecular complexity index is 176. The summed E-state index contributed by atoms with van der Waals surface area (Å²) in [5.74, 6) is 0.662. The Hall–Kier alpha value is -0.570. The maximum absolute atomic E-state index is 11.7. The third-order valence-electron chi connectivity index (χ3n) is 2.68. The van der Waals surface area contributed by atoms with Gasteiger partial charge in [0.05, 0.1) is 12.6 Å². The van der Waals surface area contributed by atoms with Crippen molar-refractivity contribution in [2.45, 2.75) is 53.0 Å². The van der Waals surface area contributed by atoms with Crippen molar-refractivity contribution in [3.8, 4) is 0 Å². The molecule has 0 aromatic rings. The number of amides is 1. The van der Waals surface area contributed by atoms with Gasteiger partial charge in [-0.3, -0.25) is 4.79 Å². The summed E-state index contributed by atoms with van der Waals surface area (Å²) < 4.78 is 0. The van der Waals surface area contributed by atoms with Crippen LogP contribution in [0.3, 0.4) is 0 Å². The minimum Gasteiger partial charge on any atom is -0.394 e. The first-order valence-electron chi connectivity index (χ1n) is 5.96. The van der Waals surface area contributed by atoms with Gasteiger partial charge in [0, 0.05) is 5.92 Å². The van der Waals surface area contributed by atoms with E-state index in [-0.39, 0.29) is 24.5 Å². The molecule has 0 unspecified atom stereocenters. The zero-order valence-electron chi connectivity index (χ0n) is 10.4. The van der Waals surface area contributed by atoms with Crippen LogP contribution in [0, 0.1) is 11.8 Å².